The van der Waals surface area contributed by atoms with E-state index in [0.29, 0.717) is 6.42 Å². The molecular formula is C11H12Cl2N2O2S. The molecule has 0 saturated carbocycles. The molecule has 0 aliphatic heterocycles. The molecule has 7 heteroatoms. The molecule has 1 rings (SSSR count). The molecule has 0 aromatic heterocycles. The van der Waals surface area contributed by atoms with Crippen molar-refractivity contribution >= 4 is 33.2 Å². The summed E-state index contributed by atoms with van der Waals surface area (Å²) < 4.78 is 26.6. The van der Waals surface area contributed by atoms with Crippen LogP contribution in [0.5, 0.6) is 0 Å². The van der Waals surface area contributed by atoms with Crippen LogP contribution in [0.2, 0.25) is 10.0 Å². The summed E-state index contributed by atoms with van der Waals surface area (Å²) in [5, 5.41) is 9.30. The molecule has 1 atom stereocenters. The van der Waals surface area contributed by atoms with Crippen LogP contribution in [0.4, 0.5) is 0 Å². The highest BCUT2D eigenvalue weighted by molar-refractivity contribution is 7.89. The van der Waals surface area contributed by atoms with Gasteiger partial charge in [-0.05, 0) is 31.5 Å². The Morgan fingerprint density at radius 2 is 2.06 bits per heavy atom. The molecule has 1 unspecified atom stereocenters. The van der Waals surface area contributed by atoms with Gasteiger partial charge in [-0.15, -0.1) is 0 Å². The average Bonchev–Trinajstić information content (AvgIpc) is 2.31. The smallest absolute Gasteiger partial charge is 0.207 e. The van der Waals surface area contributed by atoms with Gasteiger partial charge in [0.2, 0.25) is 10.0 Å². The zero-order valence-corrected chi connectivity index (χ0v) is 12.2. The van der Waals surface area contributed by atoms with Crippen molar-refractivity contribution in [2.24, 2.45) is 0 Å². The predicted molar refractivity (Wildman–Crippen MR) is 71.1 cm³/mol. The molecule has 1 aromatic carbocycles. The SMILES string of the molecule is CCC(C)(C#N)NS(=O)(=O)c1cc(Cl)ccc1Cl. The van der Waals surface area contributed by atoms with Gasteiger partial charge in [-0.3, -0.25) is 0 Å². The van der Waals surface area contributed by atoms with Gasteiger partial charge in [0.1, 0.15) is 10.4 Å². The topological polar surface area (TPSA) is 70.0 Å². The van der Waals surface area contributed by atoms with Crippen molar-refractivity contribution in [3.8, 4) is 6.07 Å². The van der Waals surface area contributed by atoms with E-state index in [2.05, 4.69) is 4.72 Å². The highest BCUT2D eigenvalue weighted by Gasteiger charge is 2.30. The molecule has 0 fully saturated rings. The fraction of sp³-hybridized carbons (Fsp3) is 0.364. The third-order valence-electron chi connectivity index (χ3n) is 2.50. The number of hydrogen-bond donors (Lipinski definition) is 1. The fourth-order valence-corrected chi connectivity index (χ4v) is 3.37. The third kappa shape index (κ3) is 3.36. The van der Waals surface area contributed by atoms with E-state index in [-0.39, 0.29) is 14.9 Å². The molecule has 18 heavy (non-hydrogen) atoms. The van der Waals surface area contributed by atoms with Crippen molar-refractivity contribution in [2.75, 3.05) is 0 Å². The van der Waals surface area contributed by atoms with Gasteiger partial charge in [0.25, 0.3) is 0 Å². The van der Waals surface area contributed by atoms with E-state index in [1.54, 1.807) is 6.92 Å². The summed E-state index contributed by atoms with van der Waals surface area (Å²) in [6.07, 6.45) is 0.334. The van der Waals surface area contributed by atoms with Crippen molar-refractivity contribution in [3.05, 3.63) is 28.2 Å². The fourth-order valence-electron chi connectivity index (χ4n) is 1.21. The summed E-state index contributed by atoms with van der Waals surface area (Å²) in [5.41, 5.74) is -1.18. The van der Waals surface area contributed by atoms with Crippen molar-refractivity contribution < 1.29 is 8.42 Å². The normalized spacial score (nSPS) is 14.8. The van der Waals surface area contributed by atoms with Crippen molar-refractivity contribution in [1.82, 2.24) is 4.72 Å². The number of benzene rings is 1. The second kappa shape index (κ2) is 5.45. The van der Waals surface area contributed by atoms with Crippen LogP contribution in [-0.4, -0.2) is 14.0 Å². The number of hydrogen-bond acceptors (Lipinski definition) is 3. The van der Waals surface area contributed by atoms with Gasteiger partial charge in [0, 0.05) is 5.02 Å². The van der Waals surface area contributed by atoms with E-state index in [4.69, 9.17) is 28.5 Å². The minimum absolute atomic E-state index is 0.0586. The molecule has 4 nitrogen and oxygen atoms in total. The minimum Gasteiger partial charge on any atom is -0.207 e. The monoisotopic (exact) mass is 306 g/mol. The number of nitriles is 1. The lowest BCUT2D eigenvalue weighted by atomic mass is 10.0. The first-order valence-electron chi connectivity index (χ1n) is 5.14. The Hall–Kier alpha value is -0.800. The zero-order chi connectivity index (χ0) is 14.0. The molecule has 98 valence electrons. The standard InChI is InChI=1S/C11H12Cl2N2O2S/c1-3-11(2,7-14)15-18(16,17)10-6-8(12)4-5-9(10)13/h4-6,15H,3H2,1-2H3. The lowest BCUT2D eigenvalue weighted by Crippen LogP contribution is -2.44. The number of nitrogens with one attached hydrogen (secondary N) is 1. The molecule has 1 aromatic rings. The van der Waals surface area contributed by atoms with E-state index >= 15 is 0 Å². The Morgan fingerprint density at radius 1 is 1.44 bits per heavy atom. The molecule has 0 radical (unpaired) electrons. The summed E-state index contributed by atoms with van der Waals surface area (Å²) >= 11 is 11.6. The van der Waals surface area contributed by atoms with Crippen LogP contribution in [0.3, 0.4) is 0 Å². The van der Waals surface area contributed by atoms with Crippen LogP contribution in [0.25, 0.3) is 0 Å². The summed E-state index contributed by atoms with van der Waals surface area (Å²) in [5.74, 6) is 0. The van der Waals surface area contributed by atoms with Crippen molar-refractivity contribution in [1.29, 1.82) is 5.26 Å². The van der Waals surface area contributed by atoms with Gasteiger partial charge in [-0.1, -0.05) is 30.1 Å². The van der Waals surface area contributed by atoms with Gasteiger partial charge in [0.15, 0.2) is 0 Å². The van der Waals surface area contributed by atoms with Crippen LogP contribution in [0.15, 0.2) is 23.1 Å². The molecule has 0 spiro atoms. The molecule has 0 heterocycles. The average molecular weight is 307 g/mol. The van der Waals surface area contributed by atoms with Crippen LogP contribution in [0.1, 0.15) is 20.3 Å². The third-order valence-corrected chi connectivity index (χ3v) is 4.81. The van der Waals surface area contributed by atoms with E-state index in [0.717, 1.165) is 0 Å². The summed E-state index contributed by atoms with van der Waals surface area (Å²) in [6.45, 7) is 3.22. The van der Waals surface area contributed by atoms with Gasteiger partial charge < -0.3 is 0 Å². The van der Waals surface area contributed by atoms with E-state index in [1.807, 2.05) is 6.07 Å². The number of nitrogens with zero attached hydrogens (tertiary/aromatic N) is 1. The Kier molecular flexibility index (Phi) is 4.62. The van der Waals surface area contributed by atoms with Gasteiger partial charge >= 0.3 is 0 Å². The van der Waals surface area contributed by atoms with E-state index in [9.17, 15) is 8.42 Å². The predicted octanol–water partition coefficient (Wildman–Crippen LogP) is 2.96. The second-order valence-corrected chi connectivity index (χ2v) is 6.47. The number of halogens is 2. The molecule has 0 aliphatic carbocycles. The Labute approximate surface area is 117 Å². The number of sulfonamides is 1. The maximum atomic E-state index is 12.1. The first-order chi connectivity index (χ1) is 8.24. The first kappa shape index (κ1) is 15.3. The van der Waals surface area contributed by atoms with E-state index < -0.39 is 15.6 Å². The lowest BCUT2D eigenvalue weighted by Gasteiger charge is -2.21. The maximum absolute atomic E-state index is 12.1. The quantitative estimate of drug-likeness (QED) is 0.929. The second-order valence-electron chi connectivity index (χ2n) is 3.98. The molecule has 0 amide bonds. The highest BCUT2D eigenvalue weighted by Crippen LogP contribution is 2.26. The Morgan fingerprint density at radius 3 is 2.56 bits per heavy atom. The molecular weight excluding hydrogens is 295 g/mol. The highest BCUT2D eigenvalue weighted by atomic mass is 35.5. The molecule has 0 bridgehead atoms. The summed E-state index contributed by atoms with van der Waals surface area (Å²) in [4.78, 5) is -0.133. The maximum Gasteiger partial charge on any atom is 0.243 e. The summed E-state index contributed by atoms with van der Waals surface area (Å²) in [7, 11) is -3.88. The number of rotatable bonds is 4. The van der Waals surface area contributed by atoms with Crippen LogP contribution in [0, 0.1) is 11.3 Å². The van der Waals surface area contributed by atoms with E-state index in [1.165, 1.54) is 25.1 Å². The van der Waals surface area contributed by atoms with Crippen molar-refractivity contribution in [2.45, 2.75) is 30.7 Å². The first-order valence-corrected chi connectivity index (χ1v) is 7.38. The minimum atomic E-state index is -3.88. The van der Waals surface area contributed by atoms with Gasteiger partial charge in [-0.25, -0.2) is 8.42 Å². The Balaban J connectivity index is 3.24. The Bertz CT molecular complexity index is 596. The van der Waals surface area contributed by atoms with Gasteiger partial charge in [0.05, 0.1) is 11.1 Å². The molecule has 1 N–H and O–H groups in total. The van der Waals surface area contributed by atoms with Crippen LogP contribution < -0.4 is 4.72 Å². The molecule has 0 aliphatic rings. The summed E-state index contributed by atoms with van der Waals surface area (Å²) in [6, 6.07) is 6.06. The van der Waals surface area contributed by atoms with Crippen LogP contribution >= 0.6 is 23.2 Å². The zero-order valence-electron chi connectivity index (χ0n) is 9.87. The van der Waals surface area contributed by atoms with Crippen molar-refractivity contribution in [3.63, 3.8) is 0 Å². The van der Waals surface area contributed by atoms with Gasteiger partial charge in [-0.2, -0.15) is 9.98 Å². The van der Waals surface area contributed by atoms with Crippen LogP contribution in [-0.2, 0) is 10.0 Å². The molecule has 0 saturated heterocycles. The largest absolute Gasteiger partial charge is 0.243 e. The lowest BCUT2D eigenvalue weighted by molar-refractivity contribution is 0.495.